The van der Waals surface area contributed by atoms with Crippen molar-refractivity contribution in [3.8, 4) is 0 Å². The highest BCUT2D eigenvalue weighted by Gasteiger charge is 2.07. The topological polar surface area (TPSA) is 61.8 Å². The van der Waals surface area contributed by atoms with Crippen LogP contribution in [0.5, 0.6) is 0 Å². The van der Waals surface area contributed by atoms with E-state index in [9.17, 15) is 9.59 Å². The fraction of sp³-hybridized carbons (Fsp3) is 0.733. The van der Waals surface area contributed by atoms with Gasteiger partial charge in [0.2, 0.25) is 0 Å². The summed E-state index contributed by atoms with van der Waals surface area (Å²) in [5, 5.41) is 0. The minimum Gasteiger partial charge on any atom is -0.463 e. The molecule has 1 unspecified atom stereocenters. The Morgan fingerprint density at radius 3 is 1.66 bits per heavy atom. The second-order valence-corrected chi connectivity index (χ2v) is 9.98. The molecule has 0 spiro atoms. The first kappa shape index (κ1) is 33.1. The number of hydrogen-bond acceptors (Lipinski definition) is 5. The molecule has 0 rings (SSSR count). The number of esters is 2. The van der Waals surface area contributed by atoms with Crippen molar-refractivity contribution in [3.05, 3.63) is 34.9 Å². The quantitative estimate of drug-likeness (QED) is 0.0702. The van der Waals surface area contributed by atoms with E-state index in [1.165, 1.54) is 11.6 Å². The molecule has 0 aromatic carbocycles. The molecule has 0 N–H and O–H groups in total. The van der Waals surface area contributed by atoms with E-state index in [-0.39, 0.29) is 11.9 Å². The average Bonchev–Trinajstić information content (AvgIpc) is 2.78. The molecule has 0 radical (unpaired) electrons. The molecule has 202 valence electrons. The third-order valence-electron chi connectivity index (χ3n) is 5.76. The molecule has 5 heteroatoms. The smallest absolute Gasteiger partial charge is 0.330 e. The van der Waals surface area contributed by atoms with Crippen molar-refractivity contribution in [3.63, 3.8) is 0 Å². The molecule has 1 atom stereocenters. The lowest BCUT2D eigenvalue weighted by atomic mass is 10.0. The Labute approximate surface area is 215 Å². The molecule has 0 aromatic heterocycles. The molecule has 0 aliphatic heterocycles. The van der Waals surface area contributed by atoms with Crippen LogP contribution < -0.4 is 0 Å². The van der Waals surface area contributed by atoms with Crippen LogP contribution in [-0.4, -0.2) is 38.4 Å². The van der Waals surface area contributed by atoms with E-state index in [1.54, 1.807) is 13.2 Å². The maximum absolute atomic E-state index is 11.9. The van der Waals surface area contributed by atoms with Crippen molar-refractivity contribution in [2.24, 2.45) is 0 Å². The van der Waals surface area contributed by atoms with Crippen molar-refractivity contribution in [1.82, 2.24) is 0 Å². The molecule has 5 nitrogen and oxygen atoms in total. The third-order valence-corrected chi connectivity index (χ3v) is 5.76. The van der Waals surface area contributed by atoms with E-state index in [2.05, 4.69) is 19.9 Å². The number of rotatable bonds is 21. The minimum absolute atomic E-state index is 0.213. The Balaban J connectivity index is 3.69. The van der Waals surface area contributed by atoms with Gasteiger partial charge >= 0.3 is 11.9 Å². The molecule has 0 saturated heterocycles. The highest BCUT2D eigenvalue weighted by Crippen LogP contribution is 2.15. The Kier molecular flexibility index (Phi) is 21.4. The Morgan fingerprint density at radius 2 is 1.17 bits per heavy atom. The third kappa shape index (κ3) is 23.6. The molecule has 35 heavy (non-hydrogen) atoms. The van der Waals surface area contributed by atoms with Crippen LogP contribution in [-0.2, 0) is 23.8 Å². The molecule has 0 fully saturated rings. The van der Waals surface area contributed by atoms with Crippen LogP contribution >= 0.6 is 0 Å². The molecule has 0 amide bonds. The zero-order valence-electron chi connectivity index (χ0n) is 23.5. The van der Waals surface area contributed by atoms with Crippen molar-refractivity contribution < 1.29 is 23.8 Å². The standard InChI is InChI=1S/C30H52O5/c1-25(2)17-13-14-18-27(5)24-30(32)35-22-16-10-8-12-20-28(33-6)19-11-7-9-15-21-34-29(31)23-26(3)4/h17,23-24,28H,7-16,18-22H2,1-6H3/b27-24+. The number of allylic oxidation sites excluding steroid dienone is 4. The average molecular weight is 493 g/mol. The maximum atomic E-state index is 11.9. The largest absolute Gasteiger partial charge is 0.463 e. The van der Waals surface area contributed by atoms with Crippen LogP contribution in [0.4, 0.5) is 0 Å². The van der Waals surface area contributed by atoms with Crippen LogP contribution in [0, 0.1) is 0 Å². The summed E-state index contributed by atoms with van der Waals surface area (Å²) in [6, 6.07) is 0. The summed E-state index contributed by atoms with van der Waals surface area (Å²) in [4.78, 5) is 23.3. The predicted molar refractivity (Wildman–Crippen MR) is 145 cm³/mol. The molecule has 0 aliphatic rings. The lowest BCUT2D eigenvalue weighted by Crippen LogP contribution is -2.10. The summed E-state index contributed by atoms with van der Waals surface area (Å²) >= 11 is 0. The van der Waals surface area contributed by atoms with E-state index in [0.717, 1.165) is 94.6 Å². The first-order valence-corrected chi connectivity index (χ1v) is 13.6. The fourth-order valence-electron chi connectivity index (χ4n) is 3.74. The molecule has 0 saturated carbocycles. The van der Waals surface area contributed by atoms with E-state index < -0.39 is 0 Å². The summed E-state index contributed by atoms with van der Waals surface area (Å²) in [5.41, 5.74) is 3.39. The van der Waals surface area contributed by atoms with Gasteiger partial charge in [0.1, 0.15) is 0 Å². The van der Waals surface area contributed by atoms with Crippen molar-refractivity contribution in [2.45, 2.75) is 124 Å². The minimum atomic E-state index is -0.240. The van der Waals surface area contributed by atoms with Crippen molar-refractivity contribution in [2.75, 3.05) is 20.3 Å². The van der Waals surface area contributed by atoms with Gasteiger partial charge in [0.05, 0.1) is 19.3 Å². The summed E-state index contributed by atoms with van der Waals surface area (Å²) in [6.45, 7) is 11.0. The van der Waals surface area contributed by atoms with E-state index >= 15 is 0 Å². The molecule has 0 bridgehead atoms. The van der Waals surface area contributed by atoms with Gasteiger partial charge in [0, 0.05) is 19.3 Å². The lowest BCUT2D eigenvalue weighted by molar-refractivity contribution is -0.138. The molecule has 0 aromatic rings. The predicted octanol–water partition coefficient (Wildman–Crippen LogP) is 8.04. The van der Waals surface area contributed by atoms with Crippen LogP contribution in [0.15, 0.2) is 34.9 Å². The normalized spacial score (nSPS) is 12.1. The monoisotopic (exact) mass is 492 g/mol. The number of carbonyl (C=O) groups is 2. The summed E-state index contributed by atoms with van der Waals surface area (Å²) in [5.74, 6) is -0.453. The number of hydrogen-bond donors (Lipinski definition) is 0. The van der Waals surface area contributed by atoms with E-state index in [0.29, 0.717) is 19.3 Å². The molecule has 0 aliphatic carbocycles. The fourth-order valence-corrected chi connectivity index (χ4v) is 3.74. The Hall–Kier alpha value is -1.88. The highest BCUT2D eigenvalue weighted by molar-refractivity contribution is 5.83. The second kappa shape index (κ2) is 22.6. The zero-order chi connectivity index (χ0) is 26.3. The SMILES string of the molecule is COC(CCCCCCOC(=O)C=C(C)C)CCCCCCOC(=O)/C=C(\C)CCCC=C(C)C. The lowest BCUT2D eigenvalue weighted by Gasteiger charge is -2.15. The second-order valence-electron chi connectivity index (χ2n) is 9.98. The van der Waals surface area contributed by atoms with Gasteiger partial charge in [0.15, 0.2) is 0 Å². The number of carbonyl (C=O) groups excluding carboxylic acids is 2. The summed E-state index contributed by atoms with van der Waals surface area (Å²) < 4.78 is 16.2. The number of methoxy groups -OCH3 is 1. The Morgan fingerprint density at radius 1 is 0.657 bits per heavy atom. The number of ether oxygens (including phenoxy) is 3. The van der Waals surface area contributed by atoms with Gasteiger partial charge in [-0.2, -0.15) is 0 Å². The molecular formula is C30H52O5. The van der Waals surface area contributed by atoms with Gasteiger partial charge in [-0.05, 0) is 79.6 Å². The first-order chi connectivity index (χ1) is 16.7. The van der Waals surface area contributed by atoms with Crippen molar-refractivity contribution >= 4 is 11.9 Å². The van der Waals surface area contributed by atoms with Crippen LogP contribution in [0.1, 0.15) is 118 Å². The van der Waals surface area contributed by atoms with Gasteiger partial charge in [-0.15, -0.1) is 0 Å². The highest BCUT2D eigenvalue weighted by atomic mass is 16.5. The van der Waals surface area contributed by atoms with Gasteiger partial charge < -0.3 is 14.2 Å². The summed E-state index contributed by atoms with van der Waals surface area (Å²) in [7, 11) is 1.80. The maximum Gasteiger partial charge on any atom is 0.330 e. The van der Waals surface area contributed by atoms with E-state index in [4.69, 9.17) is 14.2 Å². The van der Waals surface area contributed by atoms with Gasteiger partial charge in [-0.3, -0.25) is 0 Å². The molecule has 0 heterocycles. The number of unbranched alkanes of at least 4 members (excludes halogenated alkanes) is 7. The first-order valence-electron chi connectivity index (χ1n) is 13.6. The molecular weight excluding hydrogens is 440 g/mol. The summed E-state index contributed by atoms with van der Waals surface area (Å²) in [6.07, 6.45) is 19.4. The zero-order valence-corrected chi connectivity index (χ0v) is 23.5. The van der Waals surface area contributed by atoms with Crippen LogP contribution in [0.3, 0.4) is 0 Å². The van der Waals surface area contributed by atoms with Crippen LogP contribution in [0.2, 0.25) is 0 Å². The van der Waals surface area contributed by atoms with Gasteiger partial charge in [0.25, 0.3) is 0 Å². The van der Waals surface area contributed by atoms with Crippen molar-refractivity contribution in [1.29, 1.82) is 0 Å². The van der Waals surface area contributed by atoms with Gasteiger partial charge in [-0.25, -0.2) is 9.59 Å². The Bertz CT molecular complexity index is 652. The van der Waals surface area contributed by atoms with E-state index in [1.807, 2.05) is 20.8 Å². The van der Waals surface area contributed by atoms with Gasteiger partial charge in [-0.1, -0.05) is 61.3 Å². The van der Waals surface area contributed by atoms with Crippen LogP contribution in [0.25, 0.3) is 0 Å².